The summed E-state index contributed by atoms with van der Waals surface area (Å²) in [6, 6.07) is 20.5. The number of nitrogens with one attached hydrogen (secondary N) is 2. The van der Waals surface area contributed by atoms with Crippen LogP contribution in [0.15, 0.2) is 78.9 Å². The first-order valence-electron chi connectivity index (χ1n) is 10.3. The monoisotopic (exact) mass is 468 g/mol. The van der Waals surface area contributed by atoms with Gasteiger partial charge in [-0.25, -0.2) is 4.39 Å². The van der Waals surface area contributed by atoms with E-state index >= 15 is 0 Å². The quantitative estimate of drug-likeness (QED) is 0.363. The molecule has 0 spiro atoms. The maximum Gasteiger partial charge on any atom is 0.475 e. The second kappa shape index (κ2) is 11.6. The Balaban J connectivity index is 1.75. The van der Waals surface area contributed by atoms with Gasteiger partial charge in [-0.2, -0.15) is 0 Å². The molecular weight excluding hydrogens is 446 g/mol. The molecule has 0 aliphatic heterocycles. The molecule has 2 amide bonds. The van der Waals surface area contributed by atoms with Crippen molar-refractivity contribution in [1.82, 2.24) is 10.6 Å². The van der Waals surface area contributed by atoms with Crippen molar-refractivity contribution in [2.75, 3.05) is 0 Å². The van der Waals surface area contributed by atoms with Gasteiger partial charge in [0.25, 0.3) is 5.91 Å². The van der Waals surface area contributed by atoms with Crippen molar-refractivity contribution in [1.29, 1.82) is 0 Å². The Bertz CT molecular complexity index is 1100. The highest BCUT2D eigenvalue weighted by Gasteiger charge is 2.28. The van der Waals surface area contributed by atoms with Crippen molar-refractivity contribution in [2.24, 2.45) is 0 Å². The highest BCUT2D eigenvalue weighted by molar-refractivity contribution is 6.43. The van der Waals surface area contributed by atoms with Gasteiger partial charge in [0, 0.05) is 10.6 Å². The van der Waals surface area contributed by atoms with Gasteiger partial charge in [-0.15, -0.1) is 0 Å². The molecule has 0 saturated heterocycles. The van der Waals surface area contributed by atoms with Crippen molar-refractivity contribution >= 4 is 30.5 Å². The first-order chi connectivity index (χ1) is 15.8. The number of rotatable bonds is 9. The van der Waals surface area contributed by atoms with Crippen LogP contribution >= 0.6 is 11.6 Å². The SMILES string of the molecule is O=C(CC(NC(=O)c1ccccc1)c1cccc(Cl)c1)N[C@@H](Cc1ccccc1F)B(O)O. The van der Waals surface area contributed by atoms with Gasteiger partial charge in [0.15, 0.2) is 0 Å². The van der Waals surface area contributed by atoms with E-state index in [0.717, 1.165) is 0 Å². The molecule has 0 saturated carbocycles. The van der Waals surface area contributed by atoms with Crippen LogP contribution in [0.4, 0.5) is 4.39 Å². The average molecular weight is 469 g/mol. The molecule has 3 aromatic rings. The molecule has 0 bridgehead atoms. The predicted molar refractivity (Wildman–Crippen MR) is 125 cm³/mol. The molecule has 6 nitrogen and oxygen atoms in total. The van der Waals surface area contributed by atoms with Crippen LogP contribution in [0.1, 0.15) is 33.9 Å². The Morgan fingerprint density at radius 1 is 0.939 bits per heavy atom. The smallest absolute Gasteiger partial charge is 0.426 e. The highest BCUT2D eigenvalue weighted by atomic mass is 35.5. The number of benzene rings is 3. The Morgan fingerprint density at radius 3 is 2.30 bits per heavy atom. The van der Waals surface area contributed by atoms with E-state index in [1.54, 1.807) is 60.7 Å². The van der Waals surface area contributed by atoms with Crippen molar-refractivity contribution in [2.45, 2.75) is 24.8 Å². The van der Waals surface area contributed by atoms with Crippen molar-refractivity contribution in [3.63, 3.8) is 0 Å². The van der Waals surface area contributed by atoms with Crippen LogP contribution in [0.2, 0.25) is 5.02 Å². The normalized spacial score (nSPS) is 12.5. The lowest BCUT2D eigenvalue weighted by molar-refractivity contribution is -0.122. The highest BCUT2D eigenvalue weighted by Crippen LogP contribution is 2.22. The van der Waals surface area contributed by atoms with E-state index in [0.29, 0.717) is 16.1 Å². The molecule has 0 heterocycles. The van der Waals surface area contributed by atoms with E-state index in [2.05, 4.69) is 10.6 Å². The molecule has 0 aromatic heterocycles. The summed E-state index contributed by atoms with van der Waals surface area (Å²) in [7, 11) is -1.91. The molecule has 1 unspecified atom stereocenters. The van der Waals surface area contributed by atoms with E-state index in [4.69, 9.17) is 11.6 Å². The summed E-state index contributed by atoms with van der Waals surface area (Å²) >= 11 is 6.10. The summed E-state index contributed by atoms with van der Waals surface area (Å²) in [5, 5.41) is 25.2. The zero-order valence-electron chi connectivity index (χ0n) is 17.6. The third-order valence-corrected chi connectivity index (χ3v) is 5.32. The minimum Gasteiger partial charge on any atom is -0.426 e. The maximum absolute atomic E-state index is 14.0. The molecule has 3 aromatic carbocycles. The Hall–Kier alpha value is -3.20. The summed E-state index contributed by atoms with van der Waals surface area (Å²) in [6.07, 6.45) is -0.312. The molecule has 0 aliphatic rings. The summed E-state index contributed by atoms with van der Waals surface area (Å²) in [5.74, 6) is -2.58. The van der Waals surface area contributed by atoms with Crippen LogP contribution in [0.3, 0.4) is 0 Å². The summed E-state index contributed by atoms with van der Waals surface area (Å²) in [4.78, 5) is 25.5. The molecule has 33 heavy (non-hydrogen) atoms. The number of carbonyl (C=O) groups excluding carboxylic acids is 2. The third-order valence-electron chi connectivity index (χ3n) is 5.09. The van der Waals surface area contributed by atoms with Gasteiger partial charge in [-0.05, 0) is 47.9 Å². The van der Waals surface area contributed by atoms with Gasteiger partial charge in [-0.3, -0.25) is 9.59 Å². The molecule has 0 fully saturated rings. The van der Waals surface area contributed by atoms with Gasteiger partial charge in [-0.1, -0.05) is 60.1 Å². The van der Waals surface area contributed by atoms with Crippen LogP contribution in [0.5, 0.6) is 0 Å². The Kier molecular flexibility index (Phi) is 8.60. The fraction of sp³-hybridized carbons (Fsp3) is 0.167. The standard InChI is InChI=1S/C24H23BClFN2O4/c26-19-11-6-10-18(13-19)21(28-24(31)16-7-2-1-3-8-16)15-23(30)29-22(25(32)33)14-17-9-4-5-12-20(17)27/h1-13,21-22,32-33H,14-15H2,(H,28,31)(H,29,30)/t21?,22-/m0/s1. The maximum atomic E-state index is 14.0. The van der Waals surface area contributed by atoms with Gasteiger partial charge in [0.1, 0.15) is 5.82 Å². The largest absolute Gasteiger partial charge is 0.475 e. The van der Waals surface area contributed by atoms with Crippen molar-refractivity contribution in [3.8, 4) is 0 Å². The minimum atomic E-state index is -1.91. The van der Waals surface area contributed by atoms with E-state index in [1.807, 2.05) is 0 Å². The zero-order valence-corrected chi connectivity index (χ0v) is 18.4. The topological polar surface area (TPSA) is 98.7 Å². The second-order valence-electron chi connectivity index (χ2n) is 7.53. The summed E-state index contributed by atoms with van der Waals surface area (Å²) in [6.45, 7) is 0. The fourth-order valence-corrected chi connectivity index (χ4v) is 3.59. The van der Waals surface area contributed by atoms with E-state index < -0.39 is 30.8 Å². The molecule has 0 radical (unpaired) electrons. The Morgan fingerprint density at radius 2 is 1.64 bits per heavy atom. The lowest BCUT2D eigenvalue weighted by Crippen LogP contribution is -2.48. The van der Waals surface area contributed by atoms with Crippen LogP contribution in [-0.4, -0.2) is 34.9 Å². The van der Waals surface area contributed by atoms with Crippen molar-refractivity contribution < 1.29 is 24.0 Å². The average Bonchev–Trinajstić information content (AvgIpc) is 2.80. The number of halogens is 2. The van der Waals surface area contributed by atoms with E-state index in [1.165, 1.54) is 18.2 Å². The fourth-order valence-electron chi connectivity index (χ4n) is 3.39. The molecule has 170 valence electrons. The van der Waals surface area contributed by atoms with Crippen LogP contribution in [-0.2, 0) is 11.2 Å². The van der Waals surface area contributed by atoms with Gasteiger partial charge >= 0.3 is 7.12 Å². The molecule has 2 atom stereocenters. The van der Waals surface area contributed by atoms with Gasteiger partial charge in [0.05, 0.1) is 18.4 Å². The Labute approximate surface area is 196 Å². The molecule has 4 N–H and O–H groups in total. The molecule has 9 heteroatoms. The van der Waals surface area contributed by atoms with Crippen LogP contribution < -0.4 is 10.6 Å². The minimum absolute atomic E-state index is 0.117. The summed E-state index contributed by atoms with van der Waals surface area (Å²) in [5.41, 5.74) is 1.27. The molecule has 0 aliphatic carbocycles. The first kappa shape index (κ1) is 24.4. The summed E-state index contributed by atoms with van der Waals surface area (Å²) < 4.78 is 14.0. The first-order valence-corrected chi connectivity index (χ1v) is 10.7. The molecule has 3 rings (SSSR count). The number of hydrogen-bond acceptors (Lipinski definition) is 4. The lowest BCUT2D eigenvalue weighted by Gasteiger charge is -2.22. The van der Waals surface area contributed by atoms with E-state index in [-0.39, 0.29) is 24.3 Å². The van der Waals surface area contributed by atoms with Gasteiger partial charge in [0.2, 0.25) is 5.91 Å². The van der Waals surface area contributed by atoms with Crippen molar-refractivity contribution in [3.05, 3.63) is 106 Å². The number of amides is 2. The predicted octanol–water partition coefficient (Wildman–Crippen LogP) is 3.08. The second-order valence-corrected chi connectivity index (χ2v) is 7.97. The third kappa shape index (κ3) is 7.15. The zero-order chi connectivity index (χ0) is 23.8. The van der Waals surface area contributed by atoms with Gasteiger partial charge < -0.3 is 20.7 Å². The number of carbonyl (C=O) groups is 2. The van der Waals surface area contributed by atoms with E-state index in [9.17, 15) is 24.0 Å². The van der Waals surface area contributed by atoms with Crippen LogP contribution in [0.25, 0.3) is 0 Å². The lowest BCUT2D eigenvalue weighted by atomic mass is 9.75. The number of hydrogen-bond donors (Lipinski definition) is 4. The molecular formula is C24H23BClFN2O4. The van der Waals surface area contributed by atoms with Crippen LogP contribution in [0, 0.1) is 5.82 Å².